The molecule has 0 radical (unpaired) electrons. The van der Waals surface area contributed by atoms with Gasteiger partial charge in [0.2, 0.25) is 23.7 Å². The van der Waals surface area contributed by atoms with Crippen molar-refractivity contribution in [3.63, 3.8) is 0 Å². The number of fused-ring (bicyclic) bond motifs is 1. The average Bonchev–Trinajstić information content (AvgIpc) is 3.35. The van der Waals surface area contributed by atoms with E-state index in [9.17, 15) is 37.2 Å². The first kappa shape index (κ1) is 47.9. The molecule has 0 spiro atoms. The second-order valence-electron chi connectivity index (χ2n) is 17.9. The Bertz CT molecular complexity index is 3050. The fourth-order valence-corrected chi connectivity index (χ4v) is 10.6. The fraction of sp³-hybridized carbons (Fsp3) is 0.404. The molecule has 4 aliphatic rings. The Morgan fingerprint density at radius 1 is 0.914 bits per heavy atom. The lowest BCUT2D eigenvalue weighted by atomic mass is 9.89. The molecule has 70 heavy (non-hydrogen) atoms. The summed E-state index contributed by atoms with van der Waals surface area (Å²) in [6.07, 6.45) is 5.05. The zero-order chi connectivity index (χ0) is 49.3. The summed E-state index contributed by atoms with van der Waals surface area (Å²) in [6.45, 7) is 4.81. The number of anilines is 3. The molecule has 1 unspecified atom stereocenters. The third-order valence-corrected chi connectivity index (χ3v) is 14.8. The fourth-order valence-electron chi connectivity index (χ4n) is 9.25. The monoisotopic (exact) mass is 982 g/mol. The molecule has 4 fully saturated rings. The highest BCUT2D eigenvalue weighted by molar-refractivity contribution is 7.90. The van der Waals surface area contributed by atoms with Crippen LogP contribution in [-0.4, -0.2) is 131 Å². The van der Waals surface area contributed by atoms with Crippen molar-refractivity contribution >= 4 is 56.2 Å². The Morgan fingerprint density at radius 3 is 2.37 bits per heavy atom. The van der Waals surface area contributed by atoms with Gasteiger partial charge in [0.15, 0.2) is 11.6 Å². The van der Waals surface area contributed by atoms with Gasteiger partial charge in [-0.3, -0.25) is 38.7 Å². The van der Waals surface area contributed by atoms with Gasteiger partial charge in [-0.25, -0.2) is 28.1 Å². The number of likely N-dealkylation sites (tertiary alicyclic amines) is 1. The highest BCUT2D eigenvalue weighted by Gasteiger charge is 2.34. The minimum atomic E-state index is -4.24. The van der Waals surface area contributed by atoms with Crippen LogP contribution in [-0.2, 0) is 24.6 Å². The van der Waals surface area contributed by atoms with E-state index in [1.165, 1.54) is 47.6 Å². The van der Waals surface area contributed by atoms with Crippen molar-refractivity contribution in [2.24, 2.45) is 5.92 Å². The Balaban J connectivity index is 0.782. The van der Waals surface area contributed by atoms with Crippen molar-refractivity contribution in [3.05, 3.63) is 100 Å². The van der Waals surface area contributed by atoms with Crippen molar-refractivity contribution in [1.82, 2.24) is 38.9 Å². The molecule has 6 heterocycles. The van der Waals surface area contributed by atoms with Gasteiger partial charge in [-0.05, 0) is 92.7 Å². The van der Waals surface area contributed by atoms with Crippen molar-refractivity contribution in [2.45, 2.75) is 57.2 Å². The van der Waals surface area contributed by atoms with Gasteiger partial charge in [-0.1, -0.05) is 13.0 Å². The summed E-state index contributed by atoms with van der Waals surface area (Å²) in [4.78, 5) is 70.0. The third-order valence-electron chi connectivity index (χ3n) is 13.3. The number of piperidine rings is 3. The number of halogens is 3. The van der Waals surface area contributed by atoms with Gasteiger partial charge in [0.25, 0.3) is 5.56 Å². The van der Waals surface area contributed by atoms with E-state index in [0.717, 1.165) is 16.4 Å². The number of piperazine rings is 1. The number of carbonyl (C=O) groups is 3. The van der Waals surface area contributed by atoms with Crippen molar-refractivity contribution < 1.29 is 40.7 Å². The lowest BCUT2D eigenvalue weighted by Gasteiger charge is -2.37. The highest BCUT2D eigenvalue weighted by atomic mass is 32.2. The number of alkyl halides is 1. The molecular formula is C47H49F3N12O7S. The van der Waals surface area contributed by atoms with E-state index in [1.807, 2.05) is 4.90 Å². The second-order valence-corrected chi connectivity index (χ2v) is 19.6. The SMILES string of the molecule is CC1CN(S(=O)(=O)Nc2ccc(F)c(Oc3ccc4ncn(-c5cnc(N6CCN(C(=O)CN7CCC(c8ccc(N[C@@H]9CCC(=O)NC9=O)cc8F)CC7)CC6)nc5)c(=O)c4c3)c2C#N)CC[C@H]1F. The Morgan fingerprint density at radius 2 is 1.67 bits per heavy atom. The molecule has 9 rings (SSSR count). The van der Waals surface area contributed by atoms with E-state index in [1.54, 1.807) is 30.0 Å². The van der Waals surface area contributed by atoms with E-state index in [-0.39, 0.29) is 78.4 Å². The number of aromatic nitrogens is 4. The molecule has 4 saturated heterocycles. The number of carbonyl (C=O) groups excluding carboxylic acids is 3. The van der Waals surface area contributed by atoms with Crippen LogP contribution in [0.5, 0.6) is 11.5 Å². The van der Waals surface area contributed by atoms with E-state index >= 15 is 8.78 Å². The summed E-state index contributed by atoms with van der Waals surface area (Å²) in [5.41, 5.74) is 0.445. The summed E-state index contributed by atoms with van der Waals surface area (Å²) in [6, 6.07) is 12.3. The smallest absolute Gasteiger partial charge is 0.301 e. The van der Waals surface area contributed by atoms with Crippen LogP contribution in [0.25, 0.3) is 16.6 Å². The van der Waals surface area contributed by atoms with Gasteiger partial charge in [0.05, 0.1) is 41.2 Å². The van der Waals surface area contributed by atoms with Crippen molar-refractivity contribution in [1.29, 1.82) is 5.26 Å². The van der Waals surface area contributed by atoms with Gasteiger partial charge >= 0.3 is 10.2 Å². The van der Waals surface area contributed by atoms with Gasteiger partial charge < -0.3 is 19.9 Å². The van der Waals surface area contributed by atoms with Gasteiger partial charge in [-0.2, -0.15) is 18.0 Å². The van der Waals surface area contributed by atoms with E-state index in [0.29, 0.717) is 81.4 Å². The van der Waals surface area contributed by atoms with Crippen LogP contribution in [0.3, 0.4) is 0 Å². The van der Waals surface area contributed by atoms with E-state index in [2.05, 4.69) is 35.2 Å². The molecule has 0 aliphatic carbocycles. The first-order valence-electron chi connectivity index (χ1n) is 22.9. The first-order valence-corrected chi connectivity index (χ1v) is 24.4. The minimum absolute atomic E-state index is 0.00454. The molecule has 2 aromatic heterocycles. The molecule has 0 bridgehead atoms. The third kappa shape index (κ3) is 10.2. The molecule has 23 heteroatoms. The first-order chi connectivity index (χ1) is 33.6. The number of nitrogens with zero attached hydrogens (tertiary/aromatic N) is 9. The van der Waals surface area contributed by atoms with Crippen LogP contribution < -0.4 is 30.6 Å². The van der Waals surface area contributed by atoms with E-state index in [4.69, 9.17) is 4.74 Å². The largest absolute Gasteiger partial charge is 0.453 e. The summed E-state index contributed by atoms with van der Waals surface area (Å²) in [7, 11) is -4.24. The zero-order valence-electron chi connectivity index (χ0n) is 38.0. The number of benzene rings is 3. The maximum Gasteiger partial charge on any atom is 0.301 e. The lowest BCUT2D eigenvalue weighted by Crippen LogP contribution is -2.52. The minimum Gasteiger partial charge on any atom is -0.453 e. The van der Waals surface area contributed by atoms with E-state index < -0.39 is 56.9 Å². The number of imide groups is 1. The zero-order valence-corrected chi connectivity index (χ0v) is 38.8. The van der Waals surface area contributed by atoms with Gasteiger partial charge in [0.1, 0.15) is 41.7 Å². The lowest BCUT2D eigenvalue weighted by molar-refractivity contribution is -0.134. The summed E-state index contributed by atoms with van der Waals surface area (Å²) in [5, 5.41) is 15.4. The predicted octanol–water partition coefficient (Wildman–Crippen LogP) is 4.20. The standard InChI is InChI=1S/C47H49F3N12O7S/c1-28-25-61(15-12-36(28)48)70(67,68)57-40-7-5-37(49)44(35(40)22-51)69-32-3-6-39-34(21-32)46(66)62(27-54-39)31-23-52-47(53-24-31)60-18-16-59(17-19-60)43(64)26-58-13-10-29(11-14-58)33-4-2-30(20-38(33)50)55-41-8-9-42(63)56-45(41)65/h2-7,20-21,23-24,27-29,36,41,55,57H,8-19,25-26H2,1H3,(H,56,63,65)/t28?,36-,41-/m1/s1. The molecule has 5 aromatic rings. The molecule has 3 amide bonds. The normalized spacial score (nSPS) is 20.8. The molecule has 0 saturated carbocycles. The quantitative estimate of drug-likeness (QED) is 0.149. The molecule has 19 nitrogen and oxygen atoms in total. The molecule has 3 N–H and O–H groups in total. The van der Waals surface area contributed by atoms with Gasteiger partial charge in [-0.15, -0.1) is 0 Å². The number of amides is 3. The van der Waals surface area contributed by atoms with Crippen LogP contribution >= 0.6 is 0 Å². The topological polar surface area (TPSA) is 228 Å². The van der Waals surface area contributed by atoms with Crippen LogP contribution in [0.4, 0.5) is 30.5 Å². The summed E-state index contributed by atoms with van der Waals surface area (Å²) in [5.74, 6) is -2.83. The number of nitrogens with one attached hydrogen (secondary N) is 3. The maximum atomic E-state index is 15.3. The highest BCUT2D eigenvalue weighted by Crippen LogP contribution is 2.36. The van der Waals surface area contributed by atoms with Crippen LogP contribution in [0.2, 0.25) is 0 Å². The Hall–Kier alpha value is -7.16. The maximum absolute atomic E-state index is 15.3. The number of hydrogen-bond donors (Lipinski definition) is 3. The summed E-state index contributed by atoms with van der Waals surface area (Å²) < 4.78 is 81.4. The number of rotatable bonds is 12. The molecule has 366 valence electrons. The number of ether oxygens (including phenoxy) is 1. The predicted molar refractivity (Wildman–Crippen MR) is 250 cm³/mol. The van der Waals surface area contributed by atoms with Crippen LogP contribution in [0.15, 0.2) is 72.0 Å². The summed E-state index contributed by atoms with van der Waals surface area (Å²) >= 11 is 0. The molecule has 4 aliphatic heterocycles. The van der Waals surface area contributed by atoms with Crippen LogP contribution in [0.1, 0.15) is 56.1 Å². The van der Waals surface area contributed by atoms with Crippen molar-refractivity contribution in [3.8, 4) is 23.3 Å². The second kappa shape index (κ2) is 20.1. The Kier molecular flexibility index (Phi) is 13.7. The average molecular weight is 983 g/mol. The number of nitriles is 1. The molecule has 3 atom stereocenters. The van der Waals surface area contributed by atoms with Crippen LogP contribution in [0, 0.1) is 28.9 Å². The molecule has 3 aromatic carbocycles. The Labute approximate surface area is 400 Å². The van der Waals surface area contributed by atoms with Crippen molar-refractivity contribution in [2.75, 3.05) is 73.8 Å². The van der Waals surface area contributed by atoms with Gasteiger partial charge in [0, 0.05) is 57.3 Å². The molecular weight excluding hydrogens is 934 g/mol. The number of hydrogen-bond acceptors (Lipinski definition) is 14.